The quantitative estimate of drug-likeness (QED) is 0.517. The van der Waals surface area contributed by atoms with E-state index in [2.05, 4.69) is 88.4 Å². The van der Waals surface area contributed by atoms with E-state index >= 15 is 0 Å². The summed E-state index contributed by atoms with van der Waals surface area (Å²) in [7, 11) is 0. The smallest absolute Gasteiger partial charge is 0.144 e. The van der Waals surface area contributed by atoms with Crippen LogP contribution in [0.25, 0.3) is 23.2 Å². The third-order valence-corrected chi connectivity index (χ3v) is 5.41. The molecule has 0 spiro atoms. The molecule has 3 aromatic rings. The second-order valence-electron chi connectivity index (χ2n) is 7.61. The van der Waals surface area contributed by atoms with E-state index in [-0.39, 0.29) is 5.41 Å². The molecule has 0 aliphatic rings. The molecule has 2 nitrogen and oxygen atoms in total. The van der Waals surface area contributed by atoms with Crippen LogP contribution in [0.5, 0.6) is 0 Å². The minimum atomic E-state index is 0.101. The van der Waals surface area contributed by atoms with Crippen molar-refractivity contribution < 1.29 is 0 Å². The van der Waals surface area contributed by atoms with Crippen molar-refractivity contribution >= 4 is 6.08 Å². The maximum absolute atomic E-state index is 4.74. The highest BCUT2D eigenvalue weighted by atomic mass is 15.1. The Kier molecular flexibility index (Phi) is 4.86. The van der Waals surface area contributed by atoms with Gasteiger partial charge in [0, 0.05) is 18.0 Å². The molecular weight excluding hydrogens is 316 g/mol. The van der Waals surface area contributed by atoms with Gasteiger partial charge >= 0.3 is 0 Å². The molecule has 2 heteroatoms. The van der Waals surface area contributed by atoms with Crippen molar-refractivity contribution in [1.29, 1.82) is 0 Å². The van der Waals surface area contributed by atoms with Gasteiger partial charge in [0.1, 0.15) is 5.82 Å². The Hall–Kier alpha value is -2.61. The van der Waals surface area contributed by atoms with Crippen LogP contribution < -0.4 is 0 Å². The van der Waals surface area contributed by atoms with E-state index in [4.69, 9.17) is 4.98 Å². The first kappa shape index (κ1) is 18.2. The van der Waals surface area contributed by atoms with E-state index in [9.17, 15) is 0 Å². The zero-order valence-corrected chi connectivity index (χ0v) is 16.5. The van der Waals surface area contributed by atoms with Crippen LogP contribution in [0.1, 0.15) is 49.4 Å². The number of nitrogens with zero attached hydrogens (tertiary/aromatic N) is 2. The number of rotatable bonds is 5. The predicted molar refractivity (Wildman–Crippen MR) is 112 cm³/mol. The van der Waals surface area contributed by atoms with Crippen LogP contribution in [0.4, 0.5) is 0 Å². The van der Waals surface area contributed by atoms with Crippen molar-refractivity contribution in [2.24, 2.45) is 0 Å². The molecule has 0 unspecified atom stereocenters. The van der Waals surface area contributed by atoms with Gasteiger partial charge in [0.25, 0.3) is 0 Å². The molecule has 0 bridgehead atoms. The molecule has 1 aromatic heterocycles. The Morgan fingerprint density at radius 1 is 1.12 bits per heavy atom. The highest BCUT2D eigenvalue weighted by molar-refractivity contribution is 5.67. The van der Waals surface area contributed by atoms with Crippen LogP contribution in [0.2, 0.25) is 0 Å². The molecule has 0 aliphatic carbocycles. The molecule has 3 rings (SSSR count). The van der Waals surface area contributed by atoms with E-state index in [1.807, 2.05) is 12.3 Å². The van der Waals surface area contributed by atoms with Gasteiger partial charge in [-0.1, -0.05) is 57.7 Å². The molecule has 0 N–H and O–H groups in total. The minimum Gasteiger partial charge on any atom is -0.299 e. The number of benzene rings is 2. The van der Waals surface area contributed by atoms with Crippen LogP contribution in [-0.2, 0) is 5.41 Å². The summed E-state index contributed by atoms with van der Waals surface area (Å²) < 4.78 is 2.22. The monoisotopic (exact) mass is 344 g/mol. The lowest BCUT2D eigenvalue weighted by Crippen LogP contribution is -2.17. The second-order valence-corrected chi connectivity index (χ2v) is 7.61. The van der Waals surface area contributed by atoms with Crippen LogP contribution in [0.15, 0.2) is 55.4 Å². The Morgan fingerprint density at radius 2 is 1.77 bits per heavy atom. The van der Waals surface area contributed by atoms with Gasteiger partial charge in [-0.15, -0.1) is 0 Å². The van der Waals surface area contributed by atoms with Crippen molar-refractivity contribution in [1.82, 2.24) is 9.55 Å². The first-order valence-electron chi connectivity index (χ1n) is 9.26. The summed E-state index contributed by atoms with van der Waals surface area (Å²) in [5, 5.41) is 0. The summed E-state index contributed by atoms with van der Waals surface area (Å²) >= 11 is 0. The van der Waals surface area contributed by atoms with E-state index in [1.54, 1.807) is 0 Å². The summed E-state index contributed by atoms with van der Waals surface area (Å²) in [5.74, 6) is 1.000. The normalized spacial score (nSPS) is 11.6. The molecule has 0 saturated carbocycles. The fourth-order valence-corrected chi connectivity index (χ4v) is 3.63. The first-order chi connectivity index (χ1) is 12.4. The van der Waals surface area contributed by atoms with Crippen molar-refractivity contribution in [2.75, 3.05) is 0 Å². The molecule has 0 amide bonds. The molecule has 26 heavy (non-hydrogen) atoms. The minimum absolute atomic E-state index is 0.101. The standard InChI is InChI=1S/C24H28N2/c1-7-19-15-17(3)22(18(4)16-19)26-14-13-25-23(26)20-11-9-10-12-21(20)24(5,6)8-2/h7,9-16H,1,8H2,2-6H3. The first-order valence-corrected chi connectivity index (χ1v) is 9.26. The predicted octanol–water partition coefficient (Wildman–Crippen LogP) is 6.49. The Morgan fingerprint density at radius 3 is 2.38 bits per heavy atom. The molecule has 134 valence electrons. The third kappa shape index (κ3) is 3.12. The third-order valence-electron chi connectivity index (χ3n) is 5.41. The molecule has 0 fully saturated rings. The Bertz CT molecular complexity index is 921. The number of aromatic nitrogens is 2. The van der Waals surface area contributed by atoms with Gasteiger partial charge in [-0.05, 0) is 60.1 Å². The van der Waals surface area contributed by atoms with Crippen molar-refractivity contribution in [3.63, 3.8) is 0 Å². The Balaban J connectivity index is 2.23. The molecule has 0 saturated heterocycles. The van der Waals surface area contributed by atoms with Crippen molar-refractivity contribution in [3.8, 4) is 17.1 Å². The summed E-state index contributed by atoms with van der Waals surface area (Å²) in [6.07, 6.45) is 6.94. The van der Waals surface area contributed by atoms with Gasteiger partial charge in [0.2, 0.25) is 0 Å². The van der Waals surface area contributed by atoms with Crippen LogP contribution >= 0.6 is 0 Å². The average Bonchev–Trinajstić information content (AvgIpc) is 3.10. The summed E-state index contributed by atoms with van der Waals surface area (Å²) in [6.45, 7) is 15.0. The van der Waals surface area contributed by atoms with Crippen molar-refractivity contribution in [2.45, 2.75) is 46.5 Å². The number of hydrogen-bond donors (Lipinski definition) is 0. The zero-order chi connectivity index (χ0) is 18.9. The lowest BCUT2D eigenvalue weighted by Gasteiger charge is -2.26. The van der Waals surface area contributed by atoms with Gasteiger partial charge in [-0.3, -0.25) is 4.57 Å². The fourth-order valence-electron chi connectivity index (χ4n) is 3.63. The van der Waals surface area contributed by atoms with Gasteiger partial charge in [0.05, 0.1) is 5.69 Å². The molecular formula is C24H28N2. The fraction of sp³-hybridized carbons (Fsp3) is 0.292. The molecule has 1 heterocycles. The lowest BCUT2D eigenvalue weighted by atomic mass is 9.79. The van der Waals surface area contributed by atoms with Crippen LogP contribution in [0, 0.1) is 13.8 Å². The van der Waals surface area contributed by atoms with Gasteiger partial charge in [-0.25, -0.2) is 4.98 Å². The van der Waals surface area contributed by atoms with Crippen LogP contribution in [0.3, 0.4) is 0 Å². The van der Waals surface area contributed by atoms with E-state index in [1.165, 1.54) is 27.9 Å². The maximum atomic E-state index is 4.74. The topological polar surface area (TPSA) is 17.8 Å². The summed E-state index contributed by atoms with van der Waals surface area (Å²) in [6, 6.07) is 13.0. The number of hydrogen-bond acceptors (Lipinski definition) is 1. The van der Waals surface area contributed by atoms with E-state index in [0.717, 1.165) is 17.8 Å². The average molecular weight is 345 g/mol. The highest BCUT2D eigenvalue weighted by Crippen LogP contribution is 2.36. The second kappa shape index (κ2) is 6.95. The van der Waals surface area contributed by atoms with Crippen LogP contribution in [-0.4, -0.2) is 9.55 Å². The largest absolute Gasteiger partial charge is 0.299 e. The molecule has 0 radical (unpaired) electrons. The number of aryl methyl sites for hydroxylation is 2. The number of imidazole rings is 1. The summed E-state index contributed by atoms with van der Waals surface area (Å²) in [5.41, 5.74) is 7.45. The molecule has 0 atom stereocenters. The van der Waals surface area contributed by atoms with Gasteiger partial charge < -0.3 is 0 Å². The van der Waals surface area contributed by atoms with E-state index in [0.29, 0.717) is 0 Å². The van der Waals surface area contributed by atoms with Gasteiger partial charge in [0.15, 0.2) is 0 Å². The molecule has 2 aromatic carbocycles. The van der Waals surface area contributed by atoms with E-state index < -0.39 is 0 Å². The molecule has 0 aliphatic heterocycles. The maximum Gasteiger partial charge on any atom is 0.144 e. The SMILES string of the molecule is C=Cc1cc(C)c(-n2ccnc2-c2ccccc2C(C)(C)CC)c(C)c1. The summed E-state index contributed by atoms with van der Waals surface area (Å²) in [4.78, 5) is 4.74. The zero-order valence-electron chi connectivity index (χ0n) is 16.5. The lowest BCUT2D eigenvalue weighted by molar-refractivity contribution is 0.507. The van der Waals surface area contributed by atoms with Crippen molar-refractivity contribution in [3.05, 3.63) is 77.6 Å². The Labute approximate surface area is 157 Å². The van der Waals surface area contributed by atoms with Gasteiger partial charge in [-0.2, -0.15) is 0 Å². The highest BCUT2D eigenvalue weighted by Gasteiger charge is 2.24.